The molecule has 10 heteroatoms. The number of ketones is 1. The van der Waals surface area contributed by atoms with E-state index in [1.807, 2.05) is 0 Å². The number of amides is 1. The lowest BCUT2D eigenvalue weighted by atomic mass is 10.1. The van der Waals surface area contributed by atoms with Crippen LogP contribution in [-0.2, 0) is 13.8 Å². The summed E-state index contributed by atoms with van der Waals surface area (Å²) in [6.07, 6.45) is -0.292. The van der Waals surface area contributed by atoms with Crippen LogP contribution in [0.3, 0.4) is 0 Å². The Balaban J connectivity index is 2.47. The quantitative estimate of drug-likeness (QED) is 0.353. The summed E-state index contributed by atoms with van der Waals surface area (Å²) in [5, 5.41) is 9.70. The van der Waals surface area contributed by atoms with Crippen molar-refractivity contribution in [3.8, 4) is 0 Å². The second-order valence-corrected chi connectivity index (χ2v) is 7.73. The van der Waals surface area contributed by atoms with Crippen molar-refractivity contribution in [3.05, 3.63) is 33.9 Å². The molecule has 8 nitrogen and oxygen atoms in total. The van der Waals surface area contributed by atoms with Gasteiger partial charge in [-0.1, -0.05) is 0 Å². The first-order valence-electron chi connectivity index (χ1n) is 6.14. The molecule has 2 rings (SSSR count). The highest BCUT2D eigenvalue weighted by atomic mass is 35.7. The highest BCUT2D eigenvalue weighted by molar-refractivity contribution is 8.14. The highest BCUT2D eigenvalue weighted by Gasteiger charge is 2.39. The van der Waals surface area contributed by atoms with E-state index in [1.54, 1.807) is 0 Å². The lowest BCUT2D eigenvalue weighted by molar-refractivity contribution is -0.384. The van der Waals surface area contributed by atoms with Gasteiger partial charge >= 0.3 is 0 Å². The number of nitrogens with zero attached hydrogens (tertiary/aromatic N) is 2. The predicted octanol–water partition coefficient (Wildman–Crippen LogP) is 1.47. The molecule has 1 aliphatic rings. The van der Waals surface area contributed by atoms with Crippen LogP contribution in [0.2, 0.25) is 0 Å². The molecule has 22 heavy (non-hydrogen) atoms. The van der Waals surface area contributed by atoms with Crippen molar-refractivity contribution in [1.82, 2.24) is 0 Å². The summed E-state index contributed by atoms with van der Waals surface area (Å²) in [5.41, 5.74) is -0.164. The molecule has 0 N–H and O–H groups in total. The van der Waals surface area contributed by atoms with Crippen molar-refractivity contribution in [1.29, 1.82) is 0 Å². The molecule has 0 aliphatic carbocycles. The maximum Gasteiger partial charge on any atom is 0.270 e. The van der Waals surface area contributed by atoms with Crippen molar-refractivity contribution in [2.75, 3.05) is 11.4 Å². The Labute approximate surface area is 130 Å². The Morgan fingerprint density at radius 1 is 1.45 bits per heavy atom. The largest absolute Gasteiger partial charge is 0.310 e. The van der Waals surface area contributed by atoms with Crippen LogP contribution in [0.5, 0.6) is 0 Å². The van der Waals surface area contributed by atoms with E-state index in [-0.39, 0.29) is 29.9 Å². The number of hydrogen-bond donors (Lipinski definition) is 0. The number of benzene rings is 1. The zero-order valence-electron chi connectivity index (χ0n) is 11.4. The number of carbonyl (C=O) groups excluding carboxylic acids is 2. The van der Waals surface area contributed by atoms with Gasteiger partial charge in [-0.3, -0.25) is 19.7 Å². The molecule has 1 atom stereocenters. The smallest absolute Gasteiger partial charge is 0.270 e. The van der Waals surface area contributed by atoms with Gasteiger partial charge < -0.3 is 4.90 Å². The third kappa shape index (κ3) is 3.09. The van der Waals surface area contributed by atoms with E-state index in [1.165, 1.54) is 13.0 Å². The Hall–Kier alpha value is -2.00. The van der Waals surface area contributed by atoms with Gasteiger partial charge in [0.2, 0.25) is 15.0 Å². The third-order valence-electron chi connectivity index (χ3n) is 3.35. The summed E-state index contributed by atoms with van der Waals surface area (Å²) in [7, 11) is 1.35. The zero-order chi connectivity index (χ0) is 16.7. The number of Topliss-reactive ketones (excluding diaryl/α,β-unsaturated/α-hetero) is 1. The topological polar surface area (TPSA) is 115 Å². The lowest BCUT2D eigenvalue weighted by Gasteiger charge is -2.18. The van der Waals surface area contributed by atoms with Crippen LogP contribution in [0.4, 0.5) is 11.4 Å². The fourth-order valence-electron chi connectivity index (χ4n) is 2.25. The van der Waals surface area contributed by atoms with E-state index in [4.69, 9.17) is 10.7 Å². The number of anilines is 1. The van der Waals surface area contributed by atoms with E-state index in [9.17, 15) is 28.1 Å². The highest BCUT2D eigenvalue weighted by Crippen LogP contribution is 2.31. The van der Waals surface area contributed by atoms with Crippen molar-refractivity contribution < 1.29 is 22.9 Å². The van der Waals surface area contributed by atoms with E-state index >= 15 is 0 Å². The number of non-ortho nitro benzene ring substituents is 1. The molecular weight excluding hydrogens is 336 g/mol. The Kier molecular flexibility index (Phi) is 4.21. The molecule has 118 valence electrons. The summed E-state index contributed by atoms with van der Waals surface area (Å²) >= 11 is 0. The molecule has 1 fully saturated rings. The SMILES string of the molecule is CC(=O)c1cc([N+](=O)[O-])ccc1N1CC(S(=O)(=O)Cl)CC1=O. The Morgan fingerprint density at radius 3 is 2.55 bits per heavy atom. The number of nitro groups is 1. The van der Waals surface area contributed by atoms with E-state index < -0.39 is 30.9 Å². The standard InChI is InChI=1S/C12H11ClN2O6S/c1-7(16)10-4-8(15(18)19)2-3-11(10)14-6-9(5-12(14)17)22(13,20)21/h2-4,9H,5-6H2,1H3. The molecule has 1 aliphatic heterocycles. The van der Waals surface area contributed by atoms with Crippen LogP contribution in [0, 0.1) is 10.1 Å². The fraction of sp³-hybridized carbons (Fsp3) is 0.333. The zero-order valence-corrected chi connectivity index (χ0v) is 12.9. The molecule has 1 amide bonds. The maximum atomic E-state index is 12.0. The van der Waals surface area contributed by atoms with Crippen LogP contribution in [0.1, 0.15) is 23.7 Å². The lowest BCUT2D eigenvalue weighted by Crippen LogP contribution is -2.28. The minimum Gasteiger partial charge on any atom is -0.310 e. The summed E-state index contributed by atoms with van der Waals surface area (Å²) in [6.45, 7) is 1.02. The molecule has 1 saturated heterocycles. The molecule has 0 saturated carbocycles. The van der Waals surface area contributed by atoms with Crippen molar-refractivity contribution in [3.63, 3.8) is 0 Å². The molecule has 1 aromatic carbocycles. The average Bonchev–Trinajstić information content (AvgIpc) is 2.79. The minimum atomic E-state index is -3.91. The van der Waals surface area contributed by atoms with E-state index in [0.29, 0.717) is 0 Å². The Morgan fingerprint density at radius 2 is 2.09 bits per heavy atom. The molecule has 0 radical (unpaired) electrons. The predicted molar refractivity (Wildman–Crippen MR) is 78.6 cm³/mol. The summed E-state index contributed by atoms with van der Waals surface area (Å²) in [5.74, 6) is -0.978. The second kappa shape index (κ2) is 5.65. The van der Waals surface area contributed by atoms with E-state index in [0.717, 1.165) is 17.0 Å². The summed E-state index contributed by atoms with van der Waals surface area (Å²) in [4.78, 5) is 34.9. The van der Waals surface area contributed by atoms with Gasteiger partial charge in [-0.25, -0.2) is 8.42 Å². The molecule has 0 aromatic heterocycles. The molecule has 0 spiro atoms. The maximum absolute atomic E-state index is 12.0. The number of rotatable bonds is 4. The molecular formula is C12H11ClN2O6S. The second-order valence-electron chi connectivity index (χ2n) is 4.82. The Bertz CT molecular complexity index is 776. The molecule has 1 heterocycles. The van der Waals surface area contributed by atoms with Crippen LogP contribution in [-0.4, -0.2) is 36.8 Å². The molecule has 1 aromatic rings. The van der Waals surface area contributed by atoms with Gasteiger partial charge in [-0.2, -0.15) is 0 Å². The van der Waals surface area contributed by atoms with Gasteiger partial charge in [0.05, 0.1) is 10.6 Å². The van der Waals surface area contributed by atoms with Crippen molar-refractivity contribution in [2.24, 2.45) is 0 Å². The van der Waals surface area contributed by atoms with Crippen LogP contribution >= 0.6 is 10.7 Å². The van der Waals surface area contributed by atoms with E-state index in [2.05, 4.69) is 0 Å². The van der Waals surface area contributed by atoms with Gasteiger partial charge in [0, 0.05) is 41.3 Å². The first kappa shape index (κ1) is 16.4. The number of halogens is 1. The first-order valence-corrected chi connectivity index (χ1v) is 8.51. The monoisotopic (exact) mass is 346 g/mol. The normalized spacial score (nSPS) is 18.5. The summed E-state index contributed by atoms with van der Waals surface area (Å²) in [6, 6.07) is 3.47. The van der Waals surface area contributed by atoms with Gasteiger partial charge in [0.15, 0.2) is 5.78 Å². The molecule has 1 unspecified atom stereocenters. The van der Waals surface area contributed by atoms with Gasteiger partial charge in [-0.15, -0.1) is 0 Å². The number of carbonyl (C=O) groups is 2. The first-order chi connectivity index (χ1) is 10.1. The van der Waals surface area contributed by atoms with Gasteiger partial charge in [-0.05, 0) is 13.0 Å². The fourth-order valence-corrected chi connectivity index (χ4v) is 3.28. The van der Waals surface area contributed by atoms with Gasteiger partial charge in [0.1, 0.15) is 5.25 Å². The van der Waals surface area contributed by atoms with Crippen LogP contribution < -0.4 is 4.90 Å². The van der Waals surface area contributed by atoms with Crippen LogP contribution in [0.25, 0.3) is 0 Å². The van der Waals surface area contributed by atoms with Crippen molar-refractivity contribution >= 4 is 42.8 Å². The average molecular weight is 347 g/mol. The van der Waals surface area contributed by atoms with Crippen molar-refractivity contribution in [2.45, 2.75) is 18.6 Å². The minimum absolute atomic E-state index is 0.0184. The van der Waals surface area contributed by atoms with Gasteiger partial charge in [0.25, 0.3) is 5.69 Å². The summed E-state index contributed by atoms with van der Waals surface area (Å²) < 4.78 is 22.7. The third-order valence-corrected chi connectivity index (χ3v) is 5.22. The molecule has 0 bridgehead atoms. The van der Waals surface area contributed by atoms with Crippen LogP contribution in [0.15, 0.2) is 18.2 Å². The number of hydrogen-bond acceptors (Lipinski definition) is 6. The number of nitro benzene ring substituents is 1.